The molecule has 0 bridgehead atoms. The van der Waals surface area contributed by atoms with E-state index in [4.69, 9.17) is 4.42 Å². The number of aryl methyl sites for hydroxylation is 1. The van der Waals surface area contributed by atoms with Crippen molar-refractivity contribution in [1.82, 2.24) is 0 Å². The summed E-state index contributed by atoms with van der Waals surface area (Å²) in [6.45, 7) is 10.7. The second-order valence-corrected chi connectivity index (χ2v) is 26.1. The number of aromatic nitrogens is 2. The fraction of sp³-hybridized carbons (Fsp3) is 0.208. The van der Waals surface area contributed by atoms with Crippen LogP contribution in [0.25, 0.3) is 55.6 Å². The van der Waals surface area contributed by atoms with Crippen LogP contribution in [0.2, 0.25) is 17.3 Å². The number of rotatable bonds is 6. The van der Waals surface area contributed by atoms with E-state index >= 15 is 0 Å². The Morgan fingerprint density at radius 1 is 0.717 bits per heavy atom. The Labute approximate surface area is 332 Å². The predicted octanol–water partition coefficient (Wildman–Crippen LogP) is 11.1. The third-order valence-electron chi connectivity index (χ3n) is 10.7. The van der Waals surface area contributed by atoms with Gasteiger partial charge in [-0.1, -0.05) is 85.3 Å². The van der Waals surface area contributed by atoms with Gasteiger partial charge in [-0.05, 0) is 35.6 Å². The van der Waals surface area contributed by atoms with E-state index in [1.54, 1.807) is 0 Å². The van der Waals surface area contributed by atoms with Gasteiger partial charge in [0.05, 0.1) is 17.5 Å². The number of hydrogen-bond acceptors (Lipinski definition) is 1. The van der Waals surface area contributed by atoms with Crippen LogP contribution in [0, 0.1) is 40.8 Å². The number of fused-ring (bicyclic) bond motifs is 3. The quantitative estimate of drug-likeness (QED) is 0.0925. The molecule has 0 saturated heterocycles. The van der Waals surface area contributed by atoms with Crippen molar-refractivity contribution in [2.75, 3.05) is 0 Å². The Kier molecular flexibility index (Phi) is 11.5. The van der Waals surface area contributed by atoms with Gasteiger partial charge < -0.3 is 8.98 Å². The number of hydrogen-bond donors (Lipinski definition) is 0. The van der Waals surface area contributed by atoms with Gasteiger partial charge in [-0.25, -0.2) is 0 Å². The number of benzene rings is 4. The van der Waals surface area contributed by atoms with Crippen LogP contribution < -0.4 is 13.5 Å². The molecule has 7 aromatic rings. The summed E-state index contributed by atoms with van der Waals surface area (Å²) in [5.74, 6) is 8.04. The van der Waals surface area contributed by atoms with Crippen molar-refractivity contribution >= 4 is 39.6 Å². The summed E-state index contributed by atoms with van der Waals surface area (Å²) in [7, 11) is 8.44. The van der Waals surface area contributed by atoms with Gasteiger partial charge in [0.15, 0.2) is 0 Å². The van der Waals surface area contributed by atoms with Crippen LogP contribution in [-0.4, -0.2) is 13.3 Å². The molecule has 1 saturated carbocycles. The van der Waals surface area contributed by atoms with E-state index in [9.17, 15) is 0 Å². The fourth-order valence-electron chi connectivity index (χ4n) is 7.92. The van der Waals surface area contributed by atoms with Gasteiger partial charge in [0.25, 0.3) is 0 Å². The van der Waals surface area contributed by atoms with E-state index in [0.717, 1.165) is 73.5 Å². The second kappa shape index (κ2) is 15.9. The number of nitrogens with zero attached hydrogens (tertiary/aromatic N) is 2. The summed E-state index contributed by atoms with van der Waals surface area (Å²) in [4.78, 5) is 0. The first-order valence-electron chi connectivity index (χ1n) is 18.5. The van der Waals surface area contributed by atoms with Gasteiger partial charge in [-0.2, -0.15) is 18.6 Å². The smallest absolute Gasteiger partial charge is 0 e. The van der Waals surface area contributed by atoms with Crippen LogP contribution in [0.3, 0.4) is 0 Å². The third kappa shape index (κ3) is 8.11. The van der Waals surface area contributed by atoms with Crippen LogP contribution >= 0.6 is 0 Å². The fourth-order valence-corrected chi connectivity index (χ4v) is 11.7. The Balaban J connectivity index is 0.000000206. The van der Waals surface area contributed by atoms with Crippen molar-refractivity contribution in [3.8, 4) is 33.6 Å². The summed E-state index contributed by atoms with van der Waals surface area (Å²) in [5, 5.41) is 2.25. The molecule has 0 spiro atoms. The van der Waals surface area contributed by atoms with Crippen molar-refractivity contribution in [2.45, 2.75) is 56.3 Å². The van der Waals surface area contributed by atoms with Gasteiger partial charge in [0, 0.05) is 37.9 Å². The predicted molar refractivity (Wildman–Crippen MR) is 221 cm³/mol. The summed E-state index contributed by atoms with van der Waals surface area (Å²) in [5.41, 5.74) is 13.3. The summed E-state index contributed by atoms with van der Waals surface area (Å²) in [6.07, 6.45) is 10.9. The van der Waals surface area contributed by atoms with Gasteiger partial charge in [-0.15, -0.1) is 6.07 Å². The van der Waals surface area contributed by atoms with E-state index < -0.39 is 13.3 Å². The zero-order valence-electron chi connectivity index (χ0n) is 31.5. The molecule has 5 heteroatoms. The maximum absolute atomic E-state index is 6.53. The second-order valence-electron chi connectivity index (χ2n) is 15.5. The molecule has 1 radical (unpaired) electrons. The summed E-state index contributed by atoms with van der Waals surface area (Å²) >= 11 is -1.83. The molecule has 4 aromatic carbocycles. The monoisotopic (exact) mass is 937 g/mol. The SMILES string of the molecule is [CH2-]c1ccc2c(oc3cc(-c4ccccc4)ccc32)c1-c1cc(CC2CCCC2)cc[n+]1[CH2-].[CH2-]c1ccccc1-c1cc(C)[c]([Ge]([CH3])([CH3])[CH3])c[n+]1[CH2-].[Ir]. The van der Waals surface area contributed by atoms with E-state index in [2.05, 4.69) is 149 Å². The average molecular weight is 936 g/mol. The molecule has 3 heterocycles. The van der Waals surface area contributed by atoms with Crippen LogP contribution in [0.1, 0.15) is 47.9 Å². The zero-order valence-corrected chi connectivity index (χ0v) is 36.0. The molecule has 0 unspecified atom stereocenters. The topological polar surface area (TPSA) is 20.9 Å². The molecular formula is C48H50GeIrN2O-2. The van der Waals surface area contributed by atoms with Crippen molar-refractivity contribution in [3.05, 3.63) is 166 Å². The van der Waals surface area contributed by atoms with E-state index in [0.29, 0.717) is 0 Å². The minimum Gasteiger partial charge on any atom is 0 e. The molecule has 273 valence electrons. The van der Waals surface area contributed by atoms with Gasteiger partial charge >= 0.3 is 119 Å². The first-order chi connectivity index (χ1) is 25.0. The molecule has 0 amide bonds. The van der Waals surface area contributed by atoms with E-state index in [-0.39, 0.29) is 20.1 Å². The largest absolute Gasteiger partial charge is 0 e. The zero-order chi connectivity index (χ0) is 36.6. The molecule has 0 atom stereocenters. The maximum Gasteiger partial charge on any atom is 0 e. The maximum atomic E-state index is 6.53. The third-order valence-corrected chi connectivity index (χ3v) is 15.2. The van der Waals surface area contributed by atoms with Gasteiger partial charge in [0.2, 0.25) is 0 Å². The van der Waals surface area contributed by atoms with Crippen molar-refractivity contribution in [2.24, 2.45) is 5.92 Å². The molecule has 1 fully saturated rings. The normalized spacial score (nSPS) is 13.1. The van der Waals surface area contributed by atoms with E-state index in [1.165, 1.54) is 46.8 Å². The molecule has 1 aliphatic carbocycles. The minimum absolute atomic E-state index is 0. The molecule has 0 aliphatic heterocycles. The molecular weight excluding hydrogens is 885 g/mol. The number of pyridine rings is 2. The minimum atomic E-state index is -1.83. The van der Waals surface area contributed by atoms with Crippen LogP contribution in [-0.2, 0) is 26.5 Å². The first-order valence-corrected chi connectivity index (χ1v) is 25.8. The van der Waals surface area contributed by atoms with Gasteiger partial charge in [-0.3, -0.25) is 0 Å². The number of furan rings is 1. The van der Waals surface area contributed by atoms with Crippen LogP contribution in [0.5, 0.6) is 0 Å². The van der Waals surface area contributed by atoms with E-state index in [1.807, 2.05) is 27.3 Å². The summed E-state index contributed by atoms with van der Waals surface area (Å²) < 4.78 is 12.0. The molecule has 3 aromatic heterocycles. The van der Waals surface area contributed by atoms with Gasteiger partial charge in [0.1, 0.15) is 5.58 Å². The Morgan fingerprint density at radius 2 is 1.42 bits per heavy atom. The van der Waals surface area contributed by atoms with Crippen LogP contribution in [0.4, 0.5) is 0 Å². The summed E-state index contributed by atoms with van der Waals surface area (Å²) in [6, 6.07) is 36.1. The first kappa shape index (κ1) is 38.4. The Hall–Kier alpha value is -4.35. The molecule has 1 aliphatic rings. The van der Waals surface area contributed by atoms with Crippen molar-refractivity contribution in [3.63, 3.8) is 0 Å². The Bertz CT molecular complexity index is 2380. The molecule has 53 heavy (non-hydrogen) atoms. The average Bonchev–Trinajstić information content (AvgIpc) is 3.78. The molecule has 0 N–H and O–H groups in total. The van der Waals surface area contributed by atoms with Crippen LogP contribution in [0.15, 0.2) is 120 Å². The Morgan fingerprint density at radius 3 is 2.13 bits per heavy atom. The van der Waals surface area contributed by atoms with Crippen molar-refractivity contribution < 1.29 is 33.7 Å². The van der Waals surface area contributed by atoms with Crippen molar-refractivity contribution in [1.29, 1.82) is 0 Å². The standard InChI is InChI=1S/C31H28NO.C17H22GeN.Ir/c1-21-12-14-27-26-15-13-25(24-10-4-3-5-11-24)20-29(26)33-31(27)30(21)28-19-23(16-17-32(28)2)18-22-8-6-7-9-22;1-13-9-7-8-10-15(13)17-11-14(2)16(12-19(17)6)18(3,4)5;/h3-5,10-17,19-20,22H,1-2,6-9,18H2;7-12H,1,6H2,2-5H3;/q2*-1;. The molecule has 3 nitrogen and oxygen atoms in total. The molecule has 8 rings (SSSR count).